The summed E-state index contributed by atoms with van der Waals surface area (Å²) < 4.78 is 10.6. The number of hydrogen-bond donors (Lipinski definition) is 3. The Morgan fingerprint density at radius 2 is 1.95 bits per heavy atom. The summed E-state index contributed by atoms with van der Waals surface area (Å²) in [7, 11) is 1.56. The first-order chi connectivity index (χ1) is 10.1. The molecule has 0 aliphatic rings. The van der Waals surface area contributed by atoms with Crippen LogP contribution in [0.4, 0.5) is 0 Å². The van der Waals surface area contributed by atoms with Crippen LogP contribution in [0.15, 0.2) is 18.2 Å². The van der Waals surface area contributed by atoms with Crippen molar-refractivity contribution in [3.8, 4) is 11.5 Å². The number of nitrogens with one attached hydrogen (secondary N) is 2. The molecule has 1 aromatic carbocycles. The van der Waals surface area contributed by atoms with Gasteiger partial charge in [-0.3, -0.25) is 9.59 Å². The second-order valence-electron chi connectivity index (χ2n) is 4.18. The van der Waals surface area contributed by atoms with E-state index < -0.39 is 0 Å². The zero-order valence-electron chi connectivity index (χ0n) is 12.3. The topological polar surface area (TPSA) is 103 Å². The molecule has 2 amide bonds. The van der Waals surface area contributed by atoms with Gasteiger partial charge in [-0.25, -0.2) is 0 Å². The fourth-order valence-corrected chi connectivity index (χ4v) is 1.61. The summed E-state index contributed by atoms with van der Waals surface area (Å²) in [6, 6.07) is 5.43. The van der Waals surface area contributed by atoms with Gasteiger partial charge in [0.05, 0.1) is 26.8 Å². The maximum Gasteiger partial charge on any atom is 0.239 e. The molecule has 1 rings (SSSR count). The maximum absolute atomic E-state index is 11.5. The Balaban J connectivity index is 2.51. The van der Waals surface area contributed by atoms with Crippen molar-refractivity contribution in [3.05, 3.63) is 23.8 Å². The van der Waals surface area contributed by atoms with E-state index in [0.29, 0.717) is 24.7 Å². The van der Waals surface area contributed by atoms with E-state index in [1.807, 2.05) is 13.0 Å². The van der Waals surface area contributed by atoms with Crippen LogP contribution in [0.1, 0.15) is 12.5 Å². The van der Waals surface area contributed by atoms with Gasteiger partial charge in [0, 0.05) is 6.54 Å². The quantitative estimate of drug-likeness (QED) is 0.615. The predicted octanol–water partition coefficient (Wildman–Crippen LogP) is -0.215. The number of carbonyl (C=O) groups excluding carboxylic acids is 2. The number of hydrogen-bond acceptors (Lipinski definition) is 5. The summed E-state index contributed by atoms with van der Waals surface area (Å²) >= 11 is 0. The van der Waals surface area contributed by atoms with Crippen LogP contribution in [-0.2, 0) is 16.1 Å². The maximum atomic E-state index is 11.5. The van der Waals surface area contributed by atoms with Crippen LogP contribution in [0.2, 0.25) is 0 Å². The van der Waals surface area contributed by atoms with E-state index in [1.165, 1.54) is 0 Å². The minimum atomic E-state index is -0.368. The molecule has 0 saturated heterocycles. The summed E-state index contributed by atoms with van der Waals surface area (Å²) in [6.45, 7) is 2.55. The third-order valence-corrected chi connectivity index (χ3v) is 2.65. The Hall–Kier alpha value is -2.28. The largest absolute Gasteiger partial charge is 0.493 e. The Labute approximate surface area is 123 Å². The Morgan fingerprint density at radius 1 is 1.19 bits per heavy atom. The SMILES string of the molecule is CCOc1ccc(CNC(=O)CNC(=O)CN)cc1OC. The van der Waals surface area contributed by atoms with Crippen LogP contribution >= 0.6 is 0 Å². The van der Waals surface area contributed by atoms with Crippen LogP contribution < -0.4 is 25.8 Å². The molecule has 0 aliphatic carbocycles. The monoisotopic (exact) mass is 295 g/mol. The number of carbonyl (C=O) groups is 2. The third-order valence-electron chi connectivity index (χ3n) is 2.65. The molecule has 0 spiro atoms. The summed E-state index contributed by atoms with van der Waals surface area (Å²) in [5.41, 5.74) is 5.99. The minimum Gasteiger partial charge on any atom is -0.493 e. The number of benzene rings is 1. The molecule has 0 saturated carbocycles. The van der Waals surface area contributed by atoms with Crippen molar-refractivity contribution in [1.29, 1.82) is 0 Å². The molecule has 0 radical (unpaired) electrons. The lowest BCUT2D eigenvalue weighted by Gasteiger charge is -2.11. The summed E-state index contributed by atoms with van der Waals surface area (Å²) in [4.78, 5) is 22.5. The van der Waals surface area contributed by atoms with Gasteiger partial charge in [-0.1, -0.05) is 6.07 Å². The minimum absolute atomic E-state index is 0.0931. The van der Waals surface area contributed by atoms with Crippen LogP contribution in [0.3, 0.4) is 0 Å². The van der Waals surface area contributed by atoms with E-state index >= 15 is 0 Å². The van der Waals surface area contributed by atoms with Gasteiger partial charge in [0.25, 0.3) is 0 Å². The molecule has 0 unspecified atom stereocenters. The molecule has 116 valence electrons. The second kappa shape index (κ2) is 8.80. The lowest BCUT2D eigenvalue weighted by molar-refractivity contribution is -0.125. The Morgan fingerprint density at radius 3 is 2.57 bits per heavy atom. The predicted molar refractivity (Wildman–Crippen MR) is 78.1 cm³/mol. The van der Waals surface area contributed by atoms with Crippen molar-refractivity contribution in [1.82, 2.24) is 10.6 Å². The van der Waals surface area contributed by atoms with Crippen LogP contribution in [0.25, 0.3) is 0 Å². The highest BCUT2D eigenvalue weighted by molar-refractivity contribution is 5.85. The first-order valence-corrected chi connectivity index (χ1v) is 6.63. The fraction of sp³-hybridized carbons (Fsp3) is 0.429. The van der Waals surface area contributed by atoms with Crippen LogP contribution in [-0.4, -0.2) is 38.6 Å². The third kappa shape index (κ3) is 5.70. The summed E-state index contributed by atoms with van der Waals surface area (Å²) in [6.07, 6.45) is 0. The van der Waals surface area contributed by atoms with E-state index in [1.54, 1.807) is 19.2 Å². The van der Waals surface area contributed by atoms with Crippen LogP contribution in [0.5, 0.6) is 11.5 Å². The first kappa shape index (κ1) is 16.8. The normalized spacial score (nSPS) is 9.86. The smallest absolute Gasteiger partial charge is 0.239 e. The average molecular weight is 295 g/mol. The van der Waals surface area contributed by atoms with Gasteiger partial charge in [-0.05, 0) is 24.6 Å². The summed E-state index contributed by atoms with van der Waals surface area (Å²) in [5.74, 6) is 0.614. The van der Waals surface area contributed by atoms with E-state index in [-0.39, 0.29) is 24.9 Å². The Kier molecular flexibility index (Phi) is 7.03. The molecule has 7 heteroatoms. The first-order valence-electron chi connectivity index (χ1n) is 6.63. The van der Waals surface area contributed by atoms with Gasteiger partial charge >= 0.3 is 0 Å². The van der Waals surface area contributed by atoms with Crippen molar-refractivity contribution < 1.29 is 19.1 Å². The molecule has 1 aromatic rings. The number of methoxy groups -OCH3 is 1. The van der Waals surface area contributed by atoms with Gasteiger partial charge in [-0.15, -0.1) is 0 Å². The number of amides is 2. The van der Waals surface area contributed by atoms with Gasteiger partial charge in [-0.2, -0.15) is 0 Å². The lowest BCUT2D eigenvalue weighted by Crippen LogP contribution is -2.39. The molecule has 0 aromatic heterocycles. The molecular formula is C14H21N3O4. The highest BCUT2D eigenvalue weighted by Gasteiger charge is 2.07. The van der Waals surface area contributed by atoms with Gasteiger partial charge in [0.2, 0.25) is 11.8 Å². The highest BCUT2D eigenvalue weighted by atomic mass is 16.5. The van der Waals surface area contributed by atoms with Crippen molar-refractivity contribution in [2.45, 2.75) is 13.5 Å². The summed E-state index contributed by atoms with van der Waals surface area (Å²) in [5, 5.41) is 5.09. The molecule has 7 nitrogen and oxygen atoms in total. The van der Waals surface area contributed by atoms with E-state index in [2.05, 4.69) is 10.6 Å². The van der Waals surface area contributed by atoms with Gasteiger partial charge < -0.3 is 25.8 Å². The number of nitrogens with two attached hydrogens (primary N) is 1. The standard InChI is InChI=1S/C14H21N3O4/c1-3-21-11-5-4-10(6-12(11)20-2)8-16-14(19)9-17-13(18)7-15/h4-6H,3,7-9,15H2,1-2H3,(H,16,19)(H,17,18). The molecule has 0 aliphatic heterocycles. The van der Waals surface area contributed by atoms with E-state index in [0.717, 1.165) is 5.56 Å². The molecule has 0 fully saturated rings. The molecule has 0 bridgehead atoms. The van der Waals surface area contributed by atoms with Crippen molar-refractivity contribution in [3.63, 3.8) is 0 Å². The molecule has 0 heterocycles. The van der Waals surface area contributed by atoms with Crippen LogP contribution in [0, 0.1) is 0 Å². The highest BCUT2D eigenvalue weighted by Crippen LogP contribution is 2.27. The lowest BCUT2D eigenvalue weighted by atomic mass is 10.2. The second-order valence-corrected chi connectivity index (χ2v) is 4.18. The molecular weight excluding hydrogens is 274 g/mol. The van der Waals surface area contributed by atoms with Gasteiger partial charge in [0.1, 0.15) is 0 Å². The fourth-order valence-electron chi connectivity index (χ4n) is 1.61. The van der Waals surface area contributed by atoms with E-state index in [4.69, 9.17) is 15.2 Å². The molecule has 0 atom stereocenters. The van der Waals surface area contributed by atoms with Gasteiger partial charge in [0.15, 0.2) is 11.5 Å². The zero-order chi connectivity index (χ0) is 15.7. The van der Waals surface area contributed by atoms with Crippen molar-refractivity contribution >= 4 is 11.8 Å². The zero-order valence-corrected chi connectivity index (χ0v) is 12.3. The average Bonchev–Trinajstić information content (AvgIpc) is 2.51. The van der Waals surface area contributed by atoms with E-state index in [9.17, 15) is 9.59 Å². The Bertz CT molecular complexity index is 491. The molecule has 21 heavy (non-hydrogen) atoms. The number of ether oxygens (including phenoxy) is 2. The van der Waals surface area contributed by atoms with Crippen molar-refractivity contribution in [2.75, 3.05) is 26.8 Å². The number of rotatable bonds is 8. The molecule has 4 N–H and O–H groups in total. The van der Waals surface area contributed by atoms with Crippen molar-refractivity contribution in [2.24, 2.45) is 5.73 Å².